The Morgan fingerprint density at radius 3 is 1.85 bits per heavy atom. The van der Waals surface area contributed by atoms with Gasteiger partial charge < -0.3 is 10.0 Å². The van der Waals surface area contributed by atoms with Gasteiger partial charge in [-0.25, -0.2) is 0 Å². The van der Waals surface area contributed by atoms with Gasteiger partial charge in [0, 0.05) is 23.2 Å². The number of hydrogen-bond donors (Lipinski definition) is 1. The fraction of sp³-hybridized carbons (Fsp3) is 0.111. The molecule has 4 rings (SSSR count). The van der Waals surface area contributed by atoms with Gasteiger partial charge in [-0.3, -0.25) is 0 Å². The monoisotopic (exact) mass is 529 g/mol. The van der Waals surface area contributed by atoms with E-state index < -0.39 is 17.0 Å². The molecule has 0 aliphatic carbocycles. The van der Waals surface area contributed by atoms with Crippen LogP contribution in [-0.4, -0.2) is 5.11 Å². The van der Waals surface area contributed by atoms with E-state index >= 15 is 0 Å². The molecule has 0 radical (unpaired) electrons. The summed E-state index contributed by atoms with van der Waals surface area (Å²) in [6.07, 6.45) is 0. The number of anilines is 2. The number of para-hydroxylation sites is 2. The Kier molecular flexibility index (Phi) is 10.3. The van der Waals surface area contributed by atoms with Crippen LogP contribution in [0.3, 0.4) is 0 Å². The van der Waals surface area contributed by atoms with Crippen LogP contribution in [0, 0.1) is 13.8 Å². The zero-order valence-electron chi connectivity index (χ0n) is 18.6. The third-order valence-corrected chi connectivity index (χ3v) is 6.60. The van der Waals surface area contributed by atoms with Crippen LogP contribution in [0.4, 0.5) is 11.4 Å². The molecule has 0 aliphatic rings. The predicted molar refractivity (Wildman–Crippen MR) is 142 cm³/mol. The zero-order valence-corrected chi connectivity index (χ0v) is 22.7. The summed E-state index contributed by atoms with van der Waals surface area (Å²) in [5, 5.41) is 12.9. The molecule has 0 fully saturated rings. The molecular weight excluding hydrogens is 504 g/mol. The van der Waals surface area contributed by atoms with Crippen molar-refractivity contribution in [1.29, 1.82) is 0 Å². The van der Waals surface area contributed by atoms with Gasteiger partial charge in [-0.15, -0.1) is 0 Å². The van der Waals surface area contributed by atoms with E-state index in [9.17, 15) is 5.11 Å². The molecule has 4 aromatic carbocycles. The molecule has 6 heteroatoms. The molecule has 0 bridgehead atoms. The maximum atomic E-state index is 10.6. The van der Waals surface area contributed by atoms with E-state index in [4.69, 9.17) is 18.6 Å². The van der Waals surface area contributed by atoms with E-state index in [1.165, 1.54) is 16.4 Å². The van der Waals surface area contributed by atoms with E-state index in [-0.39, 0.29) is 0 Å². The summed E-state index contributed by atoms with van der Waals surface area (Å²) >= 11 is -0.556. The van der Waals surface area contributed by atoms with Gasteiger partial charge >= 0.3 is 35.6 Å². The molecule has 2 nitrogen and oxygen atoms in total. The molecule has 0 heterocycles. The second-order valence-electron chi connectivity index (χ2n) is 7.59. The van der Waals surface area contributed by atoms with Crippen molar-refractivity contribution in [3.8, 4) is 5.75 Å². The van der Waals surface area contributed by atoms with Crippen molar-refractivity contribution in [3.05, 3.63) is 114 Å². The third kappa shape index (κ3) is 7.34. The molecular formula is C27H26Cl2NOPTi. The fourth-order valence-electron chi connectivity index (χ4n) is 3.70. The summed E-state index contributed by atoms with van der Waals surface area (Å²) in [4.78, 5) is 2.34. The van der Waals surface area contributed by atoms with Crippen LogP contribution < -0.4 is 15.5 Å². The summed E-state index contributed by atoms with van der Waals surface area (Å²) in [6, 6.07) is 33.7. The van der Waals surface area contributed by atoms with Crippen LogP contribution in [0.15, 0.2) is 97.1 Å². The van der Waals surface area contributed by atoms with E-state index in [0.717, 1.165) is 28.8 Å². The van der Waals surface area contributed by atoms with Crippen molar-refractivity contribution in [3.63, 3.8) is 0 Å². The Morgan fingerprint density at radius 2 is 1.27 bits per heavy atom. The molecule has 0 spiro atoms. The number of rotatable bonds is 6. The first kappa shape index (κ1) is 25.8. The first-order chi connectivity index (χ1) is 16.0. The van der Waals surface area contributed by atoms with Gasteiger partial charge in [0.2, 0.25) is 0 Å². The second-order valence-corrected chi connectivity index (χ2v) is 11.5. The molecule has 168 valence electrons. The normalized spacial score (nSPS) is 10.5. The average molecular weight is 530 g/mol. The van der Waals surface area contributed by atoms with Gasteiger partial charge in [0.1, 0.15) is 5.75 Å². The standard InChI is InChI=1S/C27H26NOP.2ClH.Ti/c1-20-17-21(2)27(29)26(18-20)30-25-16-10-9-11-22(25)19-28(23-12-5-3-6-13-23)24-14-7-4-8-15-24;;;/h3-18,29-30H,19H2,1-2H3;2*1H;/q;;;+2/p-2. The molecule has 4 aromatic rings. The van der Waals surface area contributed by atoms with Crippen molar-refractivity contribution >= 4 is 49.2 Å². The molecule has 0 saturated heterocycles. The van der Waals surface area contributed by atoms with Crippen LogP contribution in [0.5, 0.6) is 5.75 Å². The average Bonchev–Trinajstić information content (AvgIpc) is 2.83. The van der Waals surface area contributed by atoms with Crippen molar-refractivity contribution in [2.75, 3.05) is 4.90 Å². The number of phenolic OH excluding ortho intramolecular Hbond substituents is 1. The molecule has 0 aromatic heterocycles. The number of aromatic hydroxyl groups is 1. The van der Waals surface area contributed by atoms with Crippen molar-refractivity contribution in [2.24, 2.45) is 0 Å². The Labute approximate surface area is 215 Å². The first-order valence-electron chi connectivity index (χ1n) is 10.5. The van der Waals surface area contributed by atoms with Gasteiger partial charge in [0.15, 0.2) is 0 Å². The molecule has 0 aliphatic heterocycles. The third-order valence-electron chi connectivity index (χ3n) is 5.20. The summed E-state index contributed by atoms with van der Waals surface area (Å²) in [5.41, 5.74) is 5.71. The Balaban J connectivity index is 0.000000968. The topological polar surface area (TPSA) is 23.5 Å². The van der Waals surface area contributed by atoms with Crippen LogP contribution in [-0.2, 0) is 23.6 Å². The second kappa shape index (κ2) is 13.2. The van der Waals surface area contributed by atoms with Gasteiger partial charge in [-0.2, -0.15) is 0 Å². The Morgan fingerprint density at radius 1 is 0.758 bits per heavy atom. The Bertz CT molecular complexity index is 1120. The number of phenols is 1. The molecule has 0 saturated carbocycles. The number of halogens is 2. The minimum atomic E-state index is -0.556. The molecule has 1 unspecified atom stereocenters. The predicted octanol–water partition coefficient (Wildman–Crippen LogP) is 7.35. The summed E-state index contributed by atoms with van der Waals surface area (Å²) in [5.74, 6) is 0.414. The van der Waals surface area contributed by atoms with Crippen LogP contribution in [0.25, 0.3) is 0 Å². The van der Waals surface area contributed by atoms with E-state index in [2.05, 4.69) is 90.7 Å². The minimum absolute atomic E-state index is 0.405. The number of aryl methyl sites for hydroxylation is 2. The van der Waals surface area contributed by atoms with Crippen LogP contribution in [0.1, 0.15) is 16.7 Å². The Hall–Kier alpha value is -1.80. The zero-order chi connectivity index (χ0) is 23.6. The molecule has 0 amide bonds. The molecule has 1 N–H and O–H groups in total. The van der Waals surface area contributed by atoms with Gasteiger partial charge in [-0.1, -0.05) is 75.3 Å². The van der Waals surface area contributed by atoms with Gasteiger partial charge in [0.05, 0.1) is 0 Å². The first-order valence-corrected chi connectivity index (χ1v) is 15.8. The maximum absolute atomic E-state index is 10.6. The van der Waals surface area contributed by atoms with Crippen LogP contribution >= 0.6 is 27.2 Å². The van der Waals surface area contributed by atoms with Gasteiger partial charge in [0.25, 0.3) is 0 Å². The van der Waals surface area contributed by atoms with Crippen molar-refractivity contribution in [2.45, 2.75) is 20.4 Å². The summed E-state index contributed by atoms with van der Waals surface area (Å²) < 4.78 is 0. The fourth-order valence-corrected chi connectivity index (χ4v) is 5.11. The van der Waals surface area contributed by atoms with Gasteiger partial charge in [-0.05, 0) is 66.2 Å². The van der Waals surface area contributed by atoms with Crippen molar-refractivity contribution in [1.82, 2.24) is 0 Å². The quantitative estimate of drug-likeness (QED) is 0.208. The summed E-state index contributed by atoms with van der Waals surface area (Å²) in [7, 11) is 10.2. The number of hydrogen-bond acceptors (Lipinski definition) is 2. The SMILES string of the molecule is Cc1cc(C)c(O)c(Pc2ccccc2CN(c2ccccc2)c2ccccc2)c1.[Cl][Ti][Cl]. The van der Waals surface area contributed by atoms with E-state index in [1.807, 2.05) is 25.1 Å². The number of nitrogens with zero attached hydrogens (tertiary/aromatic N) is 1. The van der Waals surface area contributed by atoms with E-state index in [0.29, 0.717) is 14.3 Å². The number of benzene rings is 4. The van der Waals surface area contributed by atoms with Crippen molar-refractivity contribution < 1.29 is 22.1 Å². The summed E-state index contributed by atoms with van der Waals surface area (Å²) in [6.45, 7) is 4.82. The van der Waals surface area contributed by atoms with E-state index in [1.54, 1.807) is 0 Å². The van der Waals surface area contributed by atoms with Crippen LogP contribution in [0.2, 0.25) is 0 Å². The molecule has 33 heavy (non-hydrogen) atoms. The molecule has 1 atom stereocenters.